The minimum atomic E-state index is -0.498. The second kappa shape index (κ2) is 9.96. The molecule has 2 amide bonds. The maximum absolute atomic E-state index is 13.1. The summed E-state index contributed by atoms with van der Waals surface area (Å²) < 4.78 is 5.32. The van der Waals surface area contributed by atoms with Crippen LogP contribution in [0, 0.1) is 0 Å². The number of methoxy groups -OCH3 is 1. The minimum Gasteiger partial charge on any atom is -0.496 e. The first-order chi connectivity index (χ1) is 14.4. The number of hydrogen-bond donors (Lipinski definition) is 1. The third-order valence-electron chi connectivity index (χ3n) is 5.27. The van der Waals surface area contributed by atoms with E-state index in [2.05, 4.69) is 16.3 Å². The molecule has 30 heavy (non-hydrogen) atoms. The maximum atomic E-state index is 13.1. The average Bonchev–Trinajstić information content (AvgIpc) is 3.22. The average molecular weight is 430 g/mol. The van der Waals surface area contributed by atoms with Crippen LogP contribution in [-0.4, -0.2) is 55.4 Å². The topological polar surface area (TPSA) is 61.9 Å². The van der Waals surface area contributed by atoms with Crippen LogP contribution in [0.4, 0.5) is 0 Å². The van der Waals surface area contributed by atoms with Crippen molar-refractivity contribution in [1.82, 2.24) is 15.1 Å². The van der Waals surface area contributed by atoms with Crippen molar-refractivity contribution < 1.29 is 14.3 Å². The number of ether oxygens (including phenoxy) is 1. The van der Waals surface area contributed by atoms with Gasteiger partial charge in [0.15, 0.2) is 0 Å². The zero-order valence-electron chi connectivity index (χ0n) is 17.7. The smallest absolute Gasteiger partial charge is 0.258 e. The van der Waals surface area contributed by atoms with Crippen LogP contribution in [0.5, 0.6) is 5.75 Å². The van der Waals surface area contributed by atoms with Crippen molar-refractivity contribution in [2.75, 3.05) is 27.7 Å². The third kappa shape index (κ3) is 5.12. The van der Waals surface area contributed by atoms with Crippen LogP contribution in [-0.2, 0) is 17.9 Å². The lowest BCUT2D eigenvalue weighted by Gasteiger charge is -2.25. The first kappa shape index (κ1) is 22.1. The minimum absolute atomic E-state index is 0.137. The second-order valence-electron chi connectivity index (χ2n) is 7.73. The Hall–Kier alpha value is -2.57. The molecule has 2 aromatic rings. The fraction of sp³-hybridized carbons (Fsp3) is 0.391. The molecule has 0 bridgehead atoms. The first-order valence-electron chi connectivity index (χ1n) is 10.0. The molecule has 0 radical (unpaired) electrons. The Morgan fingerprint density at radius 1 is 1.20 bits per heavy atom. The number of carbonyl (C=O) groups excluding carboxylic acids is 2. The summed E-state index contributed by atoms with van der Waals surface area (Å²) in [7, 11) is 5.54. The highest BCUT2D eigenvalue weighted by Crippen LogP contribution is 2.27. The van der Waals surface area contributed by atoms with Crippen molar-refractivity contribution >= 4 is 23.4 Å². The molecule has 160 valence electrons. The van der Waals surface area contributed by atoms with Gasteiger partial charge in [0.05, 0.1) is 12.7 Å². The largest absolute Gasteiger partial charge is 0.496 e. The fourth-order valence-electron chi connectivity index (χ4n) is 3.81. The highest BCUT2D eigenvalue weighted by atomic mass is 35.5. The van der Waals surface area contributed by atoms with Gasteiger partial charge in [-0.05, 0) is 56.3 Å². The summed E-state index contributed by atoms with van der Waals surface area (Å²) in [5.74, 6) is 0.0783. The summed E-state index contributed by atoms with van der Waals surface area (Å²) in [5.41, 5.74) is 2.62. The van der Waals surface area contributed by atoms with E-state index in [1.807, 2.05) is 32.3 Å². The number of nitrogens with one attached hydrogen (secondary N) is 1. The summed E-state index contributed by atoms with van der Waals surface area (Å²) >= 11 is 6.08. The molecule has 1 aliphatic rings. The van der Waals surface area contributed by atoms with E-state index in [1.54, 1.807) is 23.1 Å². The zero-order chi connectivity index (χ0) is 21.7. The molecule has 1 saturated heterocycles. The van der Waals surface area contributed by atoms with Crippen LogP contribution in [0.25, 0.3) is 0 Å². The summed E-state index contributed by atoms with van der Waals surface area (Å²) in [6, 6.07) is 12.5. The fourth-order valence-corrected chi connectivity index (χ4v) is 3.98. The SMILES string of the molecule is COc1ccc(Cl)cc1C(=O)N1CCC[C@H]1C(=O)NCc1ccccc1CN(C)C. The molecule has 1 N–H and O–H groups in total. The molecule has 0 aliphatic carbocycles. The van der Waals surface area contributed by atoms with Crippen molar-refractivity contribution in [3.05, 3.63) is 64.2 Å². The molecule has 6 nitrogen and oxygen atoms in total. The van der Waals surface area contributed by atoms with Crippen molar-refractivity contribution in [2.24, 2.45) is 0 Å². The number of amides is 2. The van der Waals surface area contributed by atoms with Gasteiger partial charge in [0.2, 0.25) is 5.91 Å². The Bertz CT molecular complexity index is 916. The molecule has 3 rings (SSSR count). The van der Waals surface area contributed by atoms with Crippen LogP contribution in [0.15, 0.2) is 42.5 Å². The summed E-state index contributed by atoms with van der Waals surface area (Å²) in [6.07, 6.45) is 1.42. The van der Waals surface area contributed by atoms with Crippen molar-refractivity contribution in [2.45, 2.75) is 32.0 Å². The Morgan fingerprint density at radius 2 is 1.93 bits per heavy atom. The van der Waals surface area contributed by atoms with Gasteiger partial charge in [-0.3, -0.25) is 9.59 Å². The van der Waals surface area contributed by atoms with E-state index in [1.165, 1.54) is 12.7 Å². The maximum Gasteiger partial charge on any atom is 0.258 e. The Kier molecular flexibility index (Phi) is 7.34. The summed E-state index contributed by atoms with van der Waals surface area (Å²) in [6.45, 7) is 1.76. The van der Waals surface area contributed by atoms with E-state index in [9.17, 15) is 9.59 Å². The predicted octanol–water partition coefficient (Wildman–Crippen LogP) is 3.33. The standard InChI is InChI=1S/C23H28ClN3O3/c1-26(2)15-17-8-5-4-7-16(17)14-25-22(28)20-9-6-12-27(20)23(29)19-13-18(24)10-11-21(19)30-3/h4-5,7-8,10-11,13,20H,6,9,12,14-15H2,1-3H3,(H,25,28)/t20-/m0/s1. The lowest BCUT2D eigenvalue weighted by molar-refractivity contribution is -0.125. The quantitative estimate of drug-likeness (QED) is 0.733. The van der Waals surface area contributed by atoms with Crippen LogP contribution in [0.1, 0.15) is 34.3 Å². The molecule has 1 fully saturated rings. The van der Waals surface area contributed by atoms with E-state index >= 15 is 0 Å². The number of halogens is 1. The van der Waals surface area contributed by atoms with Gasteiger partial charge in [0.1, 0.15) is 11.8 Å². The van der Waals surface area contributed by atoms with Crippen LogP contribution in [0.2, 0.25) is 5.02 Å². The van der Waals surface area contributed by atoms with Crippen molar-refractivity contribution in [1.29, 1.82) is 0 Å². The number of hydrogen-bond acceptors (Lipinski definition) is 4. The van der Waals surface area contributed by atoms with Gasteiger partial charge in [0.25, 0.3) is 5.91 Å². The zero-order valence-corrected chi connectivity index (χ0v) is 18.4. The summed E-state index contributed by atoms with van der Waals surface area (Å²) in [5, 5.41) is 3.48. The van der Waals surface area contributed by atoms with E-state index < -0.39 is 6.04 Å². The Labute approximate surface area is 182 Å². The van der Waals surface area contributed by atoms with Gasteiger partial charge >= 0.3 is 0 Å². The second-order valence-corrected chi connectivity index (χ2v) is 8.16. The number of nitrogens with zero attached hydrogens (tertiary/aromatic N) is 2. The van der Waals surface area contributed by atoms with Gasteiger partial charge in [-0.1, -0.05) is 35.9 Å². The van der Waals surface area contributed by atoms with Crippen LogP contribution in [0.3, 0.4) is 0 Å². The van der Waals surface area contributed by atoms with Crippen molar-refractivity contribution in [3.8, 4) is 5.75 Å². The molecule has 0 aromatic heterocycles. The van der Waals surface area contributed by atoms with Gasteiger partial charge < -0.3 is 19.9 Å². The van der Waals surface area contributed by atoms with Crippen molar-refractivity contribution in [3.63, 3.8) is 0 Å². The van der Waals surface area contributed by atoms with E-state index in [0.717, 1.165) is 18.5 Å². The molecule has 1 aliphatic heterocycles. The Morgan fingerprint density at radius 3 is 2.63 bits per heavy atom. The highest BCUT2D eigenvalue weighted by molar-refractivity contribution is 6.31. The Balaban J connectivity index is 1.71. The van der Waals surface area contributed by atoms with E-state index in [-0.39, 0.29) is 11.8 Å². The molecular weight excluding hydrogens is 402 g/mol. The molecule has 0 saturated carbocycles. The number of carbonyl (C=O) groups is 2. The van der Waals surface area contributed by atoms with E-state index in [0.29, 0.717) is 35.8 Å². The highest BCUT2D eigenvalue weighted by Gasteiger charge is 2.35. The first-order valence-corrected chi connectivity index (χ1v) is 10.4. The van der Waals surface area contributed by atoms with Gasteiger partial charge in [-0.15, -0.1) is 0 Å². The number of likely N-dealkylation sites (tertiary alicyclic amines) is 1. The number of rotatable bonds is 7. The van der Waals surface area contributed by atoms with Crippen LogP contribution >= 0.6 is 11.6 Å². The van der Waals surface area contributed by atoms with Gasteiger partial charge in [-0.25, -0.2) is 0 Å². The molecule has 0 spiro atoms. The van der Waals surface area contributed by atoms with Gasteiger partial charge in [0, 0.05) is 24.7 Å². The lowest BCUT2D eigenvalue weighted by Crippen LogP contribution is -2.45. The molecule has 2 aromatic carbocycles. The van der Waals surface area contributed by atoms with E-state index in [4.69, 9.17) is 16.3 Å². The lowest BCUT2D eigenvalue weighted by atomic mass is 10.1. The monoisotopic (exact) mass is 429 g/mol. The predicted molar refractivity (Wildman–Crippen MR) is 118 cm³/mol. The summed E-state index contributed by atoms with van der Waals surface area (Å²) in [4.78, 5) is 29.8. The number of benzene rings is 2. The van der Waals surface area contributed by atoms with Gasteiger partial charge in [-0.2, -0.15) is 0 Å². The molecule has 1 heterocycles. The molecule has 7 heteroatoms. The molecule has 1 atom stereocenters. The normalized spacial score (nSPS) is 16.0. The molecular formula is C23H28ClN3O3. The van der Waals surface area contributed by atoms with Crippen LogP contribution < -0.4 is 10.1 Å². The third-order valence-corrected chi connectivity index (χ3v) is 5.50. The molecule has 0 unspecified atom stereocenters.